The van der Waals surface area contributed by atoms with Gasteiger partial charge in [0.05, 0.1) is 17.1 Å². The molecule has 2 bridgehead atoms. The molecule has 0 spiro atoms. The number of piperazine rings is 1. The molecule has 8 nitrogen and oxygen atoms in total. The highest BCUT2D eigenvalue weighted by molar-refractivity contribution is 6.31. The van der Waals surface area contributed by atoms with Gasteiger partial charge in [0.15, 0.2) is 11.6 Å². The number of fused-ring (bicyclic) bond motifs is 2. The summed E-state index contributed by atoms with van der Waals surface area (Å²) in [5.41, 5.74) is 0.990. The molecular weight excluding hydrogens is 421 g/mol. The summed E-state index contributed by atoms with van der Waals surface area (Å²) in [5, 5.41) is 10.2. The van der Waals surface area contributed by atoms with Crippen LogP contribution in [-0.4, -0.2) is 61.0 Å². The average molecular weight is 442 g/mol. The van der Waals surface area contributed by atoms with Crippen LogP contribution in [0.2, 0.25) is 5.02 Å². The Balaban J connectivity index is 1.24. The standard InChI is InChI=1S/C21H21ClFN7O/c1-12-7-18(28-27-12)25-17-5-6-24-19(26-17)11-29-9-14-8-13(29)10-30(14)21(31)15-3-2-4-16(22)20(15)23/h2-7,13-14H,8-11H2,1H3,(H2,24,25,26,27,28)/t13?,14-/m0/s1. The van der Waals surface area contributed by atoms with Gasteiger partial charge in [0.2, 0.25) is 0 Å². The second kappa shape index (κ2) is 7.90. The number of likely N-dealkylation sites (tertiary alicyclic amines) is 2. The Morgan fingerprint density at radius 2 is 2.16 bits per heavy atom. The second-order valence-electron chi connectivity index (χ2n) is 7.95. The lowest BCUT2D eigenvalue weighted by molar-refractivity contribution is 0.0608. The number of anilines is 2. The first-order valence-electron chi connectivity index (χ1n) is 10.1. The topological polar surface area (TPSA) is 90.0 Å². The molecule has 2 aliphatic rings. The first-order valence-corrected chi connectivity index (χ1v) is 10.5. The van der Waals surface area contributed by atoms with Crippen LogP contribution >= 0.6 is 11.6 Å². The van der Waals surface area contributed by atoms with E-state index >= 15 is 0 Å². The minimum Gasteiger partial charge on any atom is -0.333 e. The third-order valence-corrected chi connectivity index (χ3v) is 6.10. The number of benzene rings is 1. The Kier molecular flexibility index (Phi) is 5.07. The minimum atomic E-state index is -0.654. The summed E-state index contributed by atoms with van der Waals surface area (Å²) in [7, 11) is 0. The third kappa shape index (κ3) is 3.86. The van der Waals surface area contributed by atoms with Crippen molar-refractivity contribution in [2.24, 2.45) is 0 Å². The van der Waals surface area contributed by atoms with Crippen molar-refractivity contribution >= 4 is 29.1 Å². The summed E-state index contributed by atoms with van der Waals surface area (Å²) >= 11 is 5.84. The van der Waals surface area contributed by atoms with E-state index in [4.69, 9.17) is 11.6 Å². The molecule has 1 unspecified atom stereocenters. The molecule has 1 amide bonds. The van der Waals surface area contributed by atoms with Crippen molar-refractivity contribution in [2.45, 2.75) is 32.0 Å². The lowest BCUT2D eigenvalue weighted by atomic mass is 10.1. The fraction of sp³-hybridized carbons (Fsp3) is 0.333. The van der Waals surface area contributed by atoms with Crippen LogP contribution in [0.3, 0.4) is 0 Å². The highest BCUT2D eigenvalue weighted by Gasteiger charge is 2.45. The van der Waals surface area contributed by atoms with Crippen molar-refractivity contribution in [1.82, 2.24) is 30.0 Å². The van der Waals surface area contributed by atoms with Gasteiger partial charge in [-0.2, -0.15) is 5.10 Å². The molecule has 2 aromatic heterocycles. The van der Waals surface area contributed by atoms with Gasteiger partial charge in [-0.05, 0) is 31.5 Å². The first kappa shape index (κ1) is 19.9. The predicted molar refractivity (Wildman–Crippen MR) is 114 cm³/mol. The van der Waals surface area contributed by atoms with Crippen LogP contribution in [0.5, 0.6) is 0 Å². The van der Waals surface area contributed by atoms with E-state index in [-0.39, 0.29) is 28.6 Å². The summed E-state index contributed by atoms with van der Waals surface area (Å²) in [4.78, 5) is 25.9. The van der Waals surface area contributed by atoms with Crippen LogP contribution < -0.4 is 5.32 Å². The van der Waals surface area contributed by atoms with Crippen LogP contribution in [0.4, 0.5) is 16.0 Å². The van der Waals surface area contributed by atoms with Crippen LogP contribution in [0.1, 0.15) is 28.3 Å². The summed E-state index contributed by atoms with van der Waals surface area (Å²) < 4.78 is 14.3. The fourth-order valence-corrected chi connectivity index (χ4v) is 4.53. The summed E-state index contributed by atoms with van der Waals surface area (Å²) in [6.07, 6.45) is 2.58. The average Bonchev–Trinajstić information content (AvgIpc) is 3.46. The van der Waals surface area contributed by atoms with E-state index in [0.717, 1.165) is 12.1 Å². The van der Waals surface area contributed by atoms with E-state index in [2.05, 4.69) is 30.4 Å². The monoisotopic (exact) mass is 441 g/mol. The molecular formula is C21H21ClFN7O. The van der Waals surface area contributed by atoms with E-state index in [1.165, 1.54) is 12.1 Å². The van der Waals surface area contributed by atoms with E-state index in [1.807, 2.05) is 13.0 Å². The number of amides is 1. The molecule has 2 fully saturated rings. The van der Waals surface area contributed by atoms with Gasteiger partial charge in [-0.1, -0.05) is 17.7 Å². The summed E-state index contributed by atoms with van der Waals surface area (Å²) in [6, 6.07) is 8.47. The van der Waals surface area contributed by atoms with Gasteiger partial charge in [-0.15, -0.1) is 0 Å². The number of hydrogen-bond acceptors (Lipinski definition) is 6. The van der Waals surface area contributed by atoms with Crippen molar-refractivity contribution in [3.8, 4) is 0 Å². The molecule has 0 aliphatic carbocycles. The highest BCUT2D eigenvalue weighted by atomic mass is 35.5. The van der Waals surface area contributed by atoms with Crippen LogP contribution in [0.25, 0.3) is 0 Å². The van der Waals surface area contributed by atoms with Crippen molar-refractivity contribution in [1.29, 1.82) is 0 Å². The Bertz CT molecular complexity index is 1140. The number of rotatable bonds is 5. The molecule has 2 aliphatic heterocycles. The lowest BCUT2D eigenvalue weighted by Gasteiger charge is -2.34. The number of H-pyrrole nitrogens is 1. The van der Waals surface area contributed by atoms with Gasteiger partial charge >= 0.3 is 0 Å². The fourth-order valence-electron chi connectivity index (χ4n) is 4.36. The smallest absolute Gasteiger partial charge is 0.257 e. The summed E-state index contributed by atoms with van der Waals surface area (Å²) in [6.45, 7) is 3.78. The molecule has 2 atom stereocenters. The number of nitrogens with zero attached hydrogens (tertiary/aromatic N) is 5. The molecule has 0 saturated carbocycles. The van der Waals surface area contributed by atoms with Gasteiger partial charge in [0.25, 0.3) is 5.91 Å². The number of halogens is 2. The quantitative estimate of drug-likeness (QED) is 0.632. The zero-order chi connectivity index (χ0) is 21.5. The van der Waals surface area contributed by atoms with Gasteiger partial charge in [-0.3, -0.25) is 14.8 Å². The molecule has 31 heavy (non-hydrogen) atoms. The Morgan fingerprint density at radius 1 is 1.29 bits per heavy atom. The largest absolute Gasteiger partial charge is 0.333 e. The van der Waals surface area contributed by atoms with E-state index in [1.54, 1.807) is 23.2 Å². The minimum absolute atomic E-state index is 0.0299. The Morgan fingerprint density at radius 3 is 2.90 bits per heavy atom. The molecule has 4 heterocycles. The van der Waals surface area contributed by atoms with Gasteiger partial charge in [-0.25, -0.2) is 14.4 Å². The summed E-state index contributed by atoms with van der Waals surface area (Å²) in [5.74, 6) is 1.12. The third-order valence-electron chi connectivity index (χ3n) is 5.81. The van der Waals surface area contributed by atoms with E-state index < -0.39 is 5.82 Å². The zero-order valence-electron chi connectivity index (χ0n) is 16.8. The maximum atomic E-state index is 14.3. The van der Waals surface area contributed by atoms with Crippen LogP contribution in [0.15, 0.2) is 36.5 Å². The number of aryl methyl sites for hydroxylation is 1. The molecule has 0 radical (unpaired) electrons. The van der Waals surface area contributed by atoms with Crippen molar-refractivity contribution < 1.29 is 9.18 Å². The number of hydrogen-bond donors (Lipinski definition) is 2. The van der Waals surface area contributed by atoms with Crippen molar-refractivity contribution in [3.63, 3.8) is 0 Å². The van der Waals surface area contributed by atoms with Crippen LogP contribution in [0, 0.1) is 12.7 Å². The normalized spacial score (nSPS) is 20.4. The SMILES string of the molecule is Cc1cc(Nc2ccnc(CN3C[C@@H]4CC3CN4C(=O)c3cccc(Cl)c3F)n2)n[nH]1. The number of aromatic nitrogens is 4. The van der Waals surface area contributed by atoms with Crippen LogP contribution in [-0.2, 0) is 6.54 Å². The molecule has 1 aromatic carbocycles. The molecule has 10 heteroatoms. The Hall–Kier alpha value is -3.04. The lowest BCUT2D eigenvalue weighted by Crippen LogP contribution is -2.48. The van der Waals surface area contributed by atoms with Gasteiger partial charge in [0, 0.05) is 43.1 Å². The van der Waals surface area contributed by atoms with Crippen molar-refractivity contribution in [3.05, 3.63) is 64.5 Å². The van der Waals surface area contributed by atoms with Crippen molar-refractivity contribution in [2.75, 3.05) is 18.4 Å². The highest BCUT2D eigenvalue weighted by Crippen LogP contribution is 2.33. The molecule has 3 aromatic rings. The number of aromatic amines is 1. The Labute approximate surface area is 183 Å². The number of nitrogens with one attached hydrogen (secondary N) is 2. The first-order chi connectivity index (χ1) is 15.0. The molecule has 5 rings (SSSR count). The van der Waals surface area contributed by atoms with Gasteiger partial charge in [0.1, 0.15) is 11.6 Å². The van der Waals surface area contributed by atoms with E-state index in [9.17, 15) is 9.18 Å². The molecule has 160 valence electrons. The maximum absolute atomic E-state index is 14.3. The number of carbonyl (C=O) groups is 1. The predicted octanol–water partition coefficient (Wildman–Crippen LogP) is 3.14. The maximum Gasteiger partial charge on any atom is 0.257 e. The molecule has 2 saturated heterocycles. The number of carbonyl (C=O) groups excluding carboxylic acids is 1. The van der Waals surface area contributed by atoms with E-state index in [0.29, 0.717) is 37.1 Å². The van der Waals surface area contributed by atoms with Gasteiger partial charge < -0.3 is 10.2 Å². The zero-order valence-corrected chi connectivity index (χ0v) is 17.6. The molecule has 2 N–H and O–H groups in total. The second-order valence-corrected chi connectivity index (χ2v) is 8.36.